The molecule has 0 fully saturated rings. The zero-order chi connectivity index (χ0) is 19.2. The van der Waals surface area contributed by atoms with Gasteiger partial charge in [0.05, 0.1) is 12.8 Å². The molecule has 9 heteroatoms. The number of hydrogen-bond acceptors (Lipinski definition) is 5. The number of carbonyl (C=O) groups is 1. The fraction of sp³-hybridized carbons (Fsp3) is 0.333. The maximum Gasteiger partial charge on any atom is 0.264 e. The Morgan fingerprint density at radius 1 is 1.26 bits per heavy atom. The van der Waals surface area contributed by atoms with Gasteiger partial charge >= 0.3 is 0 Å². The average molecular weight is 373 g/mol. The third-order valence-electron chi connectivity index (χ3n) is 4.01. The van der Waals surface area contributed by atoms with Gasteiger partial charge in [0.2, 0.25) is 5.91 Å². The summed E-state index contributed by atoms with van der Waals surface area (Å²) in [6.45, 7) is 0.855. The minimum atomic E-state index is -0.304. The number of fused-ring (bicyclic) bond motifs is 1. The summed E-state index contributed by atoms with van der Waals surface area (Å²) in [5.41, 5.74) is 0.189. The lowest BCUT2D eigenvalue weighted by molar-refractivity contribution is -0.121. The van der Waals surface area contributed by atoms with Gasteiger partial charge in [-0.1, -0.05) is 0 Å². The molecular weight excluding hydrogens is 353 g/mol. The van der Waals surface area contributed by atoms with Gasteiger partial charge in [0, 0.05) is 13.6 Å². The van der Waals surface area contributed by atoms with E-state index in [1.165, 1.54) is 33.9 Å². The van der Waals surface area contributed by atoms with Crippen LogP contribution in [0.25, 0.3) is 11.0 Å². The normalized spacial score (nSPS) is 10.9. The Kier molecular flexibility index (Phi) is 5.80. The highest BCUT2D eigenvalue weighted by Crippen LogP contribution is 2.11. The minimum absolute atomic E-state index is 0.0945. The van der Waals surface area contributed by atoms with Crippen LogP contribution in [0, 0.1) is 5.82 Å². The number of aromatic nitrogens is 4. The molecule has 3 rings (SSSR count). The highest BCUT2D eigenvalue weighted by atomic mass is 19.1. The van der Waals surface area contributed by atoms with E-state index in [0.29, 0.717) is 29.9 Å². The number of unbranched alkanes of at least 4 members (excludes halogenated alkanes) is 1. The second-order valence-electron chi connectivity index (χ2n) is 6.04. The van der Waals surface area contributed by atoms with Gasteiger partial charge in [-0.15, -0.1) is 0 Å². The van der Waals surface area contributed by atoms with Crippen LogP contribution in [0.15, 0.2) is 41.6 Å². The summed E-state index contributed by atoms with van der Waals surface area (Å²) in [7, 11) is 1.70. The van der Waals surface area contributed by atoms with Gasteiger partial charge in [0.1, 0.15) is 29.8 Å². The summed E-state index contributed by atoms with van der Waals surface area (Å²) >= 11 is 0. The molecule has 3 aromatic rings. The van der Waals surface area contributed by atoms with E-state index in [-0.39, 0.29) is 23.8 Å². The van der Waals surface area contributed by atoms with Crippen LogP contribution < -0.4 is 15.6 Å². The molecule has 2 aromatic heterocycles. The Balaban J connectivity index is 1.39. The fourth-order valence-electron chi connectivity index (χ4n) is 2.57. The lowest BCUT2D eigenvalue weighted by Crippen LogP contribution is -2.33. The predicted octanol–water partition coefficient (Wildman–Crippen LogP) is 1.24. The summed E-state index contributed by atoms with van der Waals surface area (Å²) in [5.74, 6) is 0.0433. The Hall–Kier alpha value is -3.23. The molecular formula is C18H20FN5O3. The van der Waals surface area contributed by atoms with Crippen molar-refractivity contribution in [2.75, 3.05) is 13.2 Å². The molecule has 1 N–H and O–H groups in total. The Labute approximate surface area is 154 Å². The Morgan fingerprint density at radius 3 is 2.81 bits per heavy atom. The van der Waals surface area contributed by atoms with E-state index in [0.717, 1.165) is 12.8 Å². The summed E-state index contributed by atoms with van der Waals surface area (Å²) in [6.07, 6.45) is 4.26. The maximum absolute atomic E-state index is 12.8. The zero-order valence-electron chi connectivity index (χ0n) is 14.9. The third-order valence-corrected chi connectivity index (χ3v) is 4.01. The van der Waals surface area contributed by atoms with Crippen LogP contribution in [0.5, 0.6) is 5.75 Å². The van der Waals surface area contributed by atoms with E-state index in [1.54, 1.807) is 19.2 Å². The first kappa shape index (κ1) is 18.6. The van der Waals surface area contributed by atoms with Crippen molar-refractivity contribution in [3.05, 3.63) is 53.0 Å². The van der Waals surface area contributed by atoms with Crippen LogP contribution in [-0.4, -0.2) is 38.4 Å². The second-order valence-corrected chi connectivity index (χ2v) is 6.04. The molecule has 142 valence electrons. The molecule has 1 amide bonds. The number of aryl methyl sites for hydroxylation is 1. The van der Waals surface area contributed by atoms with E-state index in [2.05, 4.69) is 15.4 Å². The second kappa shape index (κ2) is 8.43. The molecule has 0 radical (unpaired) electrons. The third kappa shape index (κ3) is 4.69. The number of rotatable bonds is 8. The number of ether oxygens (including phenoxy) is 1. The van der Waals surface area contributed by atoms with Gasteiger partial charge in [-0.3, -0.25) is 18.8 Å². The highest BCUT2D eigenvalue weighted by molar-refractivity contribution is 5.77. The van der Waals surface area contributed by atoms with Gasteiger partial charge < -0.3 is 10.1 Å². The maximum atomic E-state index is 12.8. The molecule has 8 nitrogen and oxygen atoms in total. The molecule has 0 saturated carbocycles. The van der Waals surface area contributed by atoms with Crippen molar-refractivity contribution < 1.29 is 13.9 Å². The molecule has 2 heterocycles. The van der Waals surface area contributed by atoms with Gasteiger partial charge in [-0.05, 0) is 37.1 Å². The van der Waals surface area contributed by atoms with Gasteiger partial charge in [0.15, 0.2) is 5.65 Å². The van der Waals surface area contributed by atoms with Crippen LogP contribution in [0.4, 0.5) is 4.39 Å². The van der Waals surface area contributed by atoms with Crippen LogP contribution in [0.1, 0.15) is 12.8 Å². The SMILES string of the molecule is Cn1ncc2c(=O)n(CC(=O)NCCCCOc3ccc(F)cc3)cnc21. The number of nitrogens with one attached hydrogen (secondary N) is 1. The first-order chi connectivity index (χ1) is 13.0. The first-order valence-electron chi connectivity index (χ1n) is 8.57. The molecule has 0 saturated heterocycles. The monoisotopic (exact) mass is 373 g/mol. The van der Waals surface area contributed by atoms with E-state index >= 15 is 0 Å². The van der Waals surface area contributed by atoms with E-state index < -0.39 is 0 Å². The molecule has 0 aliphatic carbocycles. The molecule has 0 bridgehead atoms. The number of benzene rings is 1. The van der Waals surface area contributed by atoms with Crippen LogP contribution in [-0.2, 0) is 18.4 Å². The van der Waals surface area contributed by atoms with Gasteiger partial charge in [-0.25, -0.2) is 9.37 Å². The number of nitrogens with zero attached hydrogens (tertiary/aromatic N) is 4. The van der Waals surface area contributed by atoms with Crippen LogP contribution >= 0.6 is 0 Å². The smallest absolute Gasteiger partial charge is 0.264 e. The van der Waals surface area contributed by atoms with E-state index in [4.69, 9.17) is 4.74 Å². The largest absolute Gasteiger partial charge is 0.494 e. The Bertz CT molecular complexity index is 981. The van der Waals surface area contributed by atoms with E-state index in [1.807, 2.05) is 0 Å². The van der Waals surface area contributed by atoms with Gasteiger partial charge in [-0.2, -0.15) is 5.10 Å². The molecule has 27 heavy (non-hydrogen) atoms. The molecule has 0 aliphatic heterocycles. The fourth-order valence-corrected chi connectivity index (χ4v) is 2.57. The highest BCUT2D eigenvalue weighted by Gasteiger charge is 2.10. The number of halogens is 1. The van der Waals surface area contributed by atoms with E-state index in [9.17, 15) is 14.0 Å². The molecule has 0 aliphatic rings. The topological polar surface area (TPSA) is 91.0 Å². The van der Waals surface area contributed by atoms with Crippen molar-refractivity contribution in [2.45, 2.75) is 19.4 Å². The molecule has 1 aromatic carbocycles. The number of hydrogen-bond donors (Lipinski definition) is 1. The van der Waals surface area contributed by atoms with Crippen LogP contribution in [0.3, 0.4) is 0 Å². The van der Waals surface area contributed by atoms with Crippen molar-refractivity contribution in [2.24, 2.45) is 7.05 Å². The minimum Gasteiger partial charge on any atom is -0.494 e. The zero-order valence-corrected chi connectivity index (χ0v) is 14.9. The van der Waals surface area contributed by atoms with Crippen molar-refractivity contribution in [1.82, 2.24) is 24.6 Å². The standard InChI is InChI=1S/C18H20FN5O3/c1-23-17-15(10-22-23)18(26)24(12-21-17)11-16(25)20-8-2-3-9-27-14-6-4-13(19)5-7-14/h4-7,10,12H,2-3,8-9,11H2,1H3,(H,20,25). The lowest BCUT2D eigenvalue weighted by Gasteiger charge is -2.08. The van der Waals surface area contributed by atoms with Gasteiger partial charge in [0.25, 0.3) is 5.56 Å². The molecule has 0 atom stereocenters. The number of carbonyl (C=O) groups excluding carboxylic acids is 1. The van der Waals surface area contributed by atoms with Crippen molar-refractivity contribution in [3.8, 4) is 5.75 Å². The molecule has 0 unspecified atom stereocenters. The first-order valence-corrected chi connectivity index (χ1v) is 8.57. The summed E-state index contributed by atoms with van der Waals surface area (Å²) in [6, 6.07) is 5.83. The quantitative estimate of drug-likeness (QED) is 0.600. The van der Waals surface area contributed by atoms with Crippen LogP contribution in [0.2, 0.25) is 0 Å². The lowest BCUT2D eigenvalue weighted by atomic mass is 10.3. The summed E-state index contributed by atoms with van der Waals surface area (Å²) in [4.78, 5) is 28.5. The average Bonchev–Trinajstić information content (AvgIpc) is 3.03. The molecule has 0 spiro atoms. The summed E-state index contributed by atoms with van der Waals surface area (Å²) in [5, 5.41) is 7.14. The summed E-state index contributed by atoms with van der Waals surface area (Å²) < 4.78 is 21.0. The van der Waals surface area contributed by atoms with Crippen molar-refractivity contribution >= 4 is 16.9 Å². The predicted molar refractivity (Wildman–Crippen MR) is 96.9 cm³/mol. The van der Waals surface area contributed by atoms with Crippen molar-refractivity contribution in [3.63, 3.8) is 0 Å². The van der Waals surface area contributed by atoms with Crippen molar-refractivity contribution in [1.29, 1.82) is 0 Å². The number of amides is 1. The Morgan fingerprint density at radius 2 is 2.04 bits per heavy atom.